The summed E-state index contributed by atoms with van der Waals surface area (Å²) in [6.45, 7) is 0. The lowest BCUT2D eigenvalue weighted by atomic mass is 9.79. The molecule has 0 aliphatic heterocycles. The van der Waals surface area contributed by atoms with E-state index >= 15 is 0 Å². The van der Waals surface area contributed by atoms with Gasteiger partial charge in [-0.15, -0.1) is 0 Å². The number of nitrogen functional groups attached to an aromatic ring is 1. The number of aliphatic hydroxyl groups is 2. The highest BCUT2D eigenvalue weighted by molar-refractivity contribution is 5.39. The number of aliphatic hydroxyl groups excluding tert-OH is 1. The first-order valence-electron chi connectivity index (χ1n) is 6.22. The third-order valence-electron chi connectivity index (χ3n) is 3.68. The van der Waals surface area contributed by atoms with Gasteiger partial charge >= 0.3 is 0 Å². The van der Waals surface area contributed by atoms with E-state index in [2.05, 4.69) is 4.98 Å². The highest BCUT2D eigenvalue weighted by Crippen LogP contribution is 2.32. The van der Waals surface area contributed by atoms with Gasteiger partial charge in [-0.3, -0.25) is 0 Å². The number of nitrogens with two attached hydrogens (primary N) is 1. The topological polar surface area (TPSA) is 79.4 Å². The second kappa shape index (κ2) is 5.02. The lowest BCUT2D eigenvalue weighted by molar-refractivity contribution is -0.0960. The standard InChI is InChI=1S/C13H20N2O2/c14-12-10(5-4-8-15-12)9-11(16)13(17)6-2-1-3-7-13/h4-5,8,11,16-17H,1-3,6-7,9H2,(H2,14,15). The second-order valence-corrected chi connectivity index (χ2v) is 4.93. The van der Waals surface area contributed by atoms with E-state index in [1.54, 1.807) is 12.3 Å². The molecule has 4 N–H and O–H groups in total. The molecule has 2 rings (SSSR count). The van der Waals surface area contributed by atoms with Crippen LogP contribution in [-0.2, 0) is 6.42 Å². The van der Waals surface area contributed by atoms with Crippen LogP contribution in [0.4, 0.5) is 5.82 Å². The minimum Gasteiger partial charge on any atom is -0.390 e. The van der Waals surface area contributed by atoms with E-state index in [9.17, 15) is 10.2 Å². The summed E-state index contributed by atoms with van der Waals surface area (Å²) >= 11 is 0. The van der Waals surface area contributed by atoms with Crippen LogP contribution >= 0.6 is 0 Å². The molecule has 1 heterocycles. The monoisotopic (exact) mass is 236 g/mol. The zero-order valence-corrected chi connectivity index (χ0v) is 9.97. The highest BCUT2D eigenvalue weighted by Gasteiger charge is 2.36. The molecule has 0 aromatic carbocycles. The minimum absolute atomic E-state index is 0.371. The zero-order valence-electron chi connectivity index (χ0n) is 9.97. The summed E-state index contributed by atoms with van der Waals surface area (Å²) in [5.41, 5.74) is 5.60. The van der Waals surface area contributed by atoms with Gasteiger partial charge in [-0.05, 0) is 24.5 Å². The van der Waals surface area contributed by atoms with Gasteiger partial charge in [-0.2, -0.15) is 0 Å². The SMILES string of the molecule is Nc1ncccc1CC(O)C1(O)CCCCC1. The van der Waals surface area contributed by atoms with Crippen molar-refractivity contribution in [3.05, 3.63) is 23.9 Å². The molecule has 17 heavy (non-hydrogen) atoms. The fourth-order valence-corrected chi connectivity index (χ4v) is 2.52. The average Bonchev–Trinajstić information content (AvgIpc) is 2.33. The van der Waals surface area contributed by atoms with Crippen LogP contribution in [0.5, 0.6) is 0 Å². The summed E-state index contributed by atoms with van der Waals surface area (Å²) in [5, 5.41) is 20.6. The third-order valence-corrected chi connectivity index (χ3v) is 3.68. The van der Waals surface area contributed by atoms with Crippen LogP contribution in [-0.4, -0.2) is 26.9 Å². The second-order valence-electron chi connectivity index (χ2n) is 4.93. The molecular formula is C13H20N2O2. The maximum absolute atomic E-state index is 10.4. The first-order valence-corrected chi connectivity index (χ1v) is 6.22. The molecule has 0 saturated heterocycles. The van der Waals surface area contributed by atoms with Crippen molar-refractivity contribution < 1.29 is 10.2 Å². The van der Waals surface area contributed by atoms with E-state index in [1.807, 2.05) is 6.07 Å². The molecule has 1 unspecified atom stereocenters. The van der Waals surface area contributed by atoms with Gasteiger partial charge < -0.3 is 15.9 Å². The van der Waals surface area contributed by atoms with Crippen molar-refractivity contribution >= 4 is 5.82 Å². The van der Waals surface area contributed by atoms with Gasteiger partial charge in [0.2, 0.25) is 0 Å². The number of anilines is 1. The van der Waals surface area contributed by atoms with Gasteiger partial charge in [-0.25, -0.2) is 4.98 Å². The van der Waals surface area contributed by atoms with E-state index < -0.39 is 11.7 Å². The first kappa shape index (κ1) is 12.3. The summed E-state index contributed by atoms with van der Waals surface area (Å²) in [6, 6.07) is 3.64. The molecule has 0 spiro atoms. The Morgan fingerprint density at radius 2 is 2.06 bits per heavy atom. The molecule has 1 atom stereocenters. The Balaban J connectivity index is 2.05. The molecule has 1 fully saturated rings. The quantitative estimate of drug-likeness (QED) is 0.738. The number of nitrogens with zero attached hydrogens (tertiary/aromatic N) is 1. The van der Waals surface area contributed by atoms with Crippen molar-refractivity contribution in [2.24, 2.45) is 0 Å². The predicted octanol–water partition coefficient (Wildman–Crippen LogP) is 1.26. The molecule has 0 amide bonds. The van der Waals surface area contributed by atoms with Crippen molar-refractivity contribution in [2.45, 2.75) is 50.2 Å². The molecular weight excluding hydrogens is 216 g/mol. The molecule has 0 bridgehead atoms. The van der Waals surface area contributed by atoms with Gasteiger partial charge in [0, 0.05) is 12.6 Å². The minimum atomic E-state index is -0.944. The third kappa shape index (κ3) is 2.76. The number of hydrogen-bond acceptors (Lipinski definition) is 4. The van der Waals surface area contributed by atoms with E-state index in [0.717, 1.165) is 24.8 Å². The number of pyridine rings is 1. The van der Waals surface area contributed by atoms with Crippen LogP contribution in [0, 0.1) is 0 Å². The molecule has 4 heteroatoms. The van der Waals surface area contributed by atoms with Gasteiger partial charge in [0.1, 0.15) is 5.82 Å². The number of rotatable bonds is 3. The van der Waals surface area contributed by atoms with Crippen molar-refractivity contribution in [3.8, 4) is 0 Å². The summed E-state index contributed by atoms with van der Waals surface area (Å²) in [4.78, 5) is 3.99. The van der Waals surface area contributed by atoms with Crippen LogP contribution in [0.15, 0.2) is 18.3 Å². The van der Waals surface area contributed by atoms with Gasteiger partial charge in [-0.1, -0.05) is 25.3 Å². The molecule has 1 aromatic heterocycles. The van der Waals surface area contributed by atoms with Crippen molar-refractivity contribution in [1.29, 1.82) is 0 Å². The van der Waals surface area contributed by atoms with Crippen LogP contribution in [0.25, 0.3) is 0 Å². The van der Waals surface area contributed by atoms with Crippen molar-refractivity contribution in [3.63, 3.8) is 0 Å². The molecule has 4 nitrogen and oxygen atoms in total. The fourth-order valence-electron chi connectivity index (χ4n) is 2.52. The van der Waals surface area contributed by atoms with E-state index in [1.165, 1.54) is 0 Å². The Hall–Kier alpha value is -1.13. The molecule has 1 aliphatic carbocycles. The first-order chi connectivity index (χ1) is 8.12. The maximum Gasteiger partial charge on any atom is 0.126 e. The lowest BCUT2D eigenvalue weighted by Gasteiger charge is -2.36. The Bertz CT molecular complexity index is 375. The molecule has 1 aliphatic rings. The highest BCUT2D eigenvalue weighted by atomic mass is 16.3. The normalized spacial score (nSPS) is 21.1. The molecule has 94 valence electrons. The fraction of sp³-hybridized carbons (Fsp3) is 0.615. The zero-order chi connectivity index (χ0) is 12.3. The number of aromatic nitrogens is 1. The summed E-state index contributed by atoms with van der Waals surface area (Å²) in [7, 11) is 0. The van der Waals surface area contributed by atoms with Gasteiger partial charge in [0.05, 0.1) is 11.7 Å². The van der Waals surface area contributed by atoms with Gasteiger partial charge in [0.15, 0.2) is 0 Å². The smallest absolute Gasteiger partial charge is 0.126 e. The van der Waals surface area contributed by atoms with Gasteiger partial charge in [0.25, 0.3) is 0 Å². The molecule has 0 radical (unpaired) electrons. The average molecular weight is 236 g/mol. The van der Waals surface area contributed by atoms with Crippen LogP contribution in [0.3, 0.4) is 0 Å². The summed E-state index contributed by atoms with van der Waals surface area (Å²) < 4.78 is 0. The number of hydrogen-bond donors (Lipinski definition) is 3. The van der Waals surface area contributed by atoms with E-state index in [-0.39, 0.29) is 0 Å². The lowest BCUT2D eigenvalue weighted by Crippen LogP contribution is -2.45. The Kier molecular flexibility index (Phi) is 3.64. The van der Waals surface area contributed by atoms with Crippen molar-refractivity contribution in [1.82, 2.24) is 4.98 Å². The Morgan fingerprint density at radius 1 is 1.35 bits per heavy atom. The van der Waals surface area contributed by atoms with E-state index in [4.69, 9.17) is 5.73 Å². The largest absolute Gasteiger partial charge is 0.390 e. The molecule has 1 aromatic rings. The summed E-state index contributed by atoms with van der Waals surface area (Å²) in [5.74, 6) is 0.436. The summed E-state index contributed by atoms with van der Waals surface area (Å²) in [6.07, 6.45) is 5.70. The predicted molar refractivity (Wildman–Crippen MR) is 66.4 cm³/mol. The maximum atomic E-state index is 10.4. The Morgan fingerprint density at radius 3 is 2.71 bits per heavy atom. The van der Waals surface area contributed by atoms with Crippen LogP contribution in [0.1, 0.15) is 37.7 Å². The van der Waals surface area contributed by atoms with E-state index in [0.29, 0.717) is 25.1 Å². The Labute approximate surface area is 101 Å². The van der Waals surface area contributed by atoms with Crippen molar-refractivity contribution in [2.75, 3.05) is 5.73 Å². The van der Waals surface area contributed by atoms with Crippen LogP contribution in [0.2, 0.25) is 0 Å². The molecule has 1 saturated carbocycles. The van der Waals surface area contributed by atoms with Crippen LogP contribution < -0.4 is 5.73 Å².